The minimum absolute atomic E-state index is 0.644. The van der Waals surface area contributed by atoms with Gasteiger partial charge in [-0.05, 0) is 25.3 Å². The van der Waals surface area contributed by atoms with Gasteiger partial charge in [0.25, 0.3) is 0 Å². The summed E-state index contributed by atoms with van der Waals surface area (Å²) in [5, 5.41) is 6.57. The molecule has 1 aromatic rings. The van der Waals surface area contributed by atoms with Crippen molar-refractivity contribution < 1.29 is 9.47 Å². The smallest absolute Gasteiger partial charge is 0.191 e. The van der Waals surface area contributed by atoms with Crippen molar-refractivity contribution in [2.45, 2.75) is 33.1 Å². The molecule has 0 aromatic heterocycles. The predicted molar refractivity (Wildman–Crippen MR) is 101 cm³/mol. The standard InChI is InChI=1S/C19H33N3O2/c1-4-5-13-23-15-16-24-14-12-22-19(20-3)21-11-10-18-8-6-17(2)7-9-18/h6-9H,4-5,10-16H2,1-3H3,(H2,20,21,22). The predicted octanol–water partition coefficient (Wildman–Crippen LogP) is 2.54. The number of rotatable bonds is 12. The Balaban J connectivity index is 2.01. The lowest BCUT2D eigenvalue weighted by Crippen LogP contribution is -2.39. The molecule has 1 aromatic carbocycles. The SMILES string of the molecule is CCCCOCCOCCNC(=NC)NCCc1ccc(C)cc1. The van der Waals surface area contributed by atoms with Crippen LogP contribution in [-0.4, -0.2) is 52.5 Å². The van der Waals surface area contributed by atoms with Crippen molar-refractivity contribution in [2.24, 2.45) is 4.99 Å². The van der Waals surface area contributed by atoms with Gasteiger partial charge in [-0.3, -0.25) is 4.99 Å². The van der Waals surface area contributed by atoms with E-state index in [0.29, 0.717) is 19.8 Å². The highest BCUT2D eigenvalue weighted by atomic mass is 16.5. The second kappa shape index (κ2) is 13.8. The molecule has 0 aliphatic heterocycles. The first-order chi connectivity index (χ1) is 11.8. The van der Waals surface area contributed by atoms with Gasteiger partial charge in [0.2, 0.25) is 0 Å². The van der Waals surface area contributed by atoms with Crippen LogP contribution in [0.15, 0.2) is 29.3 Å². The van der Waals surface area contributed by atoms with Crippen molar-refractivity contribution in [1.82, 2.24) is 10.6 Å². The molecule has 0 spiro atoms. The molecule has 1 rings (SSSR count). The van der Waals surface area contributed by atoms with Gasteiger partial charge in [0.1, 0.15) is 0 Å². The Labute approximate surface area is 146 Å². The largest absolute Gasteiger partial charge is 0.379 e. The summed E-state index contributed by atoms with van der Waals surface area (Å²) in [6, 6.07) is 8.63. The topological polar surface area (TPSA) is 54.9 Å². The van der Waals surface area contributed by atoms with Gasteiger partial charge in [-0.2, -0.15) is 0 Å². The van der Waals surface area contributed by atoms with Crippen molar-refractivity contribution in [3.05, 3.63) is 35.4 Å². The third kappa shape index (κ3) is 10.2. The van der Waals surface area contributed by atoms with Crippen LogP contribution >= 0.6 is 0 Å². The minimum atomic E-state index is 0.644. The van der Waals surface area contributed by atoms with Crippen LogP contribution in [0.2, 0.25) is 0 Å². The van der Waals surface area contributed by atoms with Gasteiger partial charge in [-0.25, -0.2) is 0 Å². The van der Waals surface area contributed by atoms with E-state index in [9.17, 15) is 0 Å². The number of guanidine groups is 1. The normalized spacial score (nSPS) is 11.5. The Kier molecular flexibility index (Phi) is 11.8. The summed E-state index contributed by atoms with van der Waals surface area (Å²) >= 11 is 0. The first-order valence-corrected chi connectivity index (χ1v) is 8.91. The van der Waals surface area contributed by atoms with Crippen molar-refractivity contribution in [1.29, 1.82) is 0 Å². The summed E-state index contributed by atoms with van der Waals surface area (Å²) in [5.74, 6) is 0.810. The average Bonchev–Trinajstić information content (AvgIpc) is 2.60. The molecule has 136 valence electrons. The van der Waals surface area contributed by atoms with Crippen LogP contribution < -0.4 is 10.6 Å². The molecule has 0 heterocycles. The Morgan fingerprint density at radius 2 is 1.62 bits per heavy atom. The van der Waals surface area contributed by atoms with Gasteiger partial charge in [0, 0.05) is 26.7 Å². The first-order valence-electron chi connectivity index (χ1n) is 8.91. The maximum absolute atomic E-state index is 5.52. The number of aryl methyl sites for hydroxylation is 1. The Bertz CT molecular complexity index is 446. The maximum atomic E-state index is 5.52. The molecule has 24 heavy (non-hydrogen) atoms. The van der Waals surface area contributed by atoms with Crippen molar-refractivity contribution in [3.8, 4) is 0 Å². The van der Waals surface area contributed by atoms with Crippen LogP contribution in [0, 0.1) is 6.92 Å². The molecule has 0 fully saturated rings. The molecule has 2 N–H and O–H groups in total. The zero-order valence-electron chi connectivity index (χ0n) is 15.4. The summed E-state index contributed by atoms with van der Waals surface area (Å²) in [4.78, 5) is 4.22. The minimum Gasteiger partial charge on any atom is -0.379 e. The van der Waals surface area contributed by atoms with Crippen molar-refractivity contribution in [2.75, 3.05) is 46.6 Å². The van der Waals surface area contributed by atoms with Gasteiger partial charge in [-0.15, -0.1) is 0 Å². The average molecular weight is 335 g/mol. The van der Waals surface area contributed by atoms with E-state index in [1.54, 1.807) is 7.05 Å². The highest BCUT2D eigenvalue weighted by molar-refractivity contribution is 5.79. The van der Waals surface area contributed by atoms with E-state index in [-0.39, 0.29) is 0 Å². The van der Waals surface area contributed by atoms with E-state index in [1.165, 1.54) is 17.5 Å². The number of hydrogen-bond acceptors (Lipinski definition) is 3. The lowest BCUT2D eigenvalue weighted by atomic mass is 10.1. The number of unbranched alkanes of at least 4 members (excludes halogenated alkanes) is 1. The van der Waals surface area contributed by atoms with Gasteiger partial charge in [-0.1, -0.05) is 43.2 Å². The fraction of sp³-hybridized carbons (Fsp3) is 0.632. The zero-order valence-corrected chi connectivity index (χ0v) is 15.4. The van der Waals surface area contributed by atoms with Gasteiger partial charge in [0.05, 0.1) is 19.8 Å². The molecule has 0 saturated carbocycles. The second-order valence-electron chi connectivity index (χ2n) is 5.74. The Morgan fingerprint density at radius 1 is 0.958 bits per heavy atom. The fourth-order valence-electron chi connectivity index (χ4n) is 2.11. The third-order valence-corrected chi connectivity index (χ3v) is 3.60. The number of hydrogen-bond donors (Lipinski definition) is 2. The van der Waals surface area contributed by atoms with E-state index in [2.05, 4.69) is 53.7 Å². The molecule has 0 bridgehead atoms. The van der Waals surface area contributed by atoms with Crippen LogP contribution in [0.1, 0.15) is 30.9 Å². The number of nitrogens with zero attached hydrogens (tertiary/aromatic N) is 1. The molecular formula is C19H33N3O2. The molecule has 5 heteroatoms. The Morgan fingerprint density at radius 3 is 2.29 bits per heavy atom. The molecule has 0 atom stereocenters. The van der Waals surface area contributed by atoms with Crippen LogP contribution in [0.5, 0.6) is 0 Å². The molecule has 0 amide bonds. The number of nitrogens with one attached hydrogen (secondary N) is 2. The molecular weight excluding hydrogens is 302 g/mol. The van der Waals surface area contributed by atoms with Gasteiger partial charge >= 0.3 is 0 Å². The number of aliphatic imine (C=N–C) groups is 1. The maximum Gasteiger partial charge on any atom is 0.191 e. The lowest BCUT2D eigenvalue weighted by molar-refractivity contribution is 0.0487. The zero-order chi connectivity index (χ0) is 17.5. The molecule has 0 unspecified atom stereocenters. The van der Waals surface area contributed by atoms with E-state index in [0.717, 1.165) is 38.5 Å². The van der Waals surface area contributed by atoms with Crippen LogP contribution in [0.25, 0.3) is 0 Å². The summed E-state index contributed by atoms with van der Waals surface area (Å²) in [7, 11) is 1.78. The summed E-state index contributed by atoms with van der Waals surface area (Å²) in [6.45, 7) is 8.65. The highest BCUT2D eigenvalue weighted by Crippen LogP contribution is 2.02. The molecule has 0 radical (unpaired) electrons. The van der Waals surface area contributed by atoms with E-state index in [4.69, 9.17) is 9.47 Å². The summed E-state index contributed by atoms with van der Waals surface area (Å²) in [6.07, 6.45) is 3.26. The van der Waals surface area contributed by atoms with Gasteiger partial charge in [0.15, 0.2) is 5.96 Å². The highest BCUT2D eigenvalue weighted by Gasteiger charge is 1.98. The van der Waals surface area contributed by atoms with E-state index < -0.39 is 0 Å². The molecule has 0 saturated heterocycles. The fourth-order valence-corrected chi connectivity index (χ4v) is 2.11. The van der Waals surface area contributed by atoms with Crippen molar-refractivity contribution >= 4 is 5.96 Å². The van der Waals surface area contributed by atoms with Crippen LogP contribution in [0.3, 0.4) is 0 Å². The number of benzene rings is 1. The summed E-state index contributed by atoms with van der Waals surface area (Å²) in [5.41, 5.74) is 2.62. The van der Waals surface area contributed by atoms with Crippen LogP contribution in [-0.2, 0) is 15.9 Å². The lowest BCUT2D eigenvalue weighted by Gasteiger charge is -2.12. The van der Waals surface area contributed by atoms with Crippen molar-refractivity contribution in [3.63, 3.8) is 0 Å². The third-order valence-electron chi connectivity index (χ3n) is 3.60. The monoisotopic (exact) mass is 335 g/mol. The van der Waals surface area contributed by atoms with E-state index in [1.807, 2.05) is 0 Å². The van der Waals surface area contributed by atoms with E-state index >= 15 is 0 Å². The summed E-state index contributed by atoms with van der Waals surface area (Å²) < 4.78 is 11.0. The van der Waals surface area contributed by atoms with Crippen LogP contribution in [0.4, 0.5) is 0 Å². The second-order valence-corrected chi connectivity index (χ2v) is 5.74. The molecule has 0 aliphatic rings. The molecule has 0 aliphatic carbocycles. The Hall–Kier alpha value is -1.59. The quantitative estimate of drug-likeness (QED) is 0.350. The number of ether oxygens (including phenoxy) is 2. The molecule has 5 nitrogen and oxygen atoms in total. The first kappa shape index (κ1) is 20.5. The van der Waals surface area contributed by atoms with Gasteiger partial charge < -0.3 is 20.1 Å².